The van der Waals surface area contributed by atoms with Crippen molar-refractivity contribution in [3.63, 3.8) is 0 Å². The van der Waals surface area contributed by atoms with Crippen LogP contribution in [0.2, 0.25) is 5.02 Å². The van der Waals surface area contributed by atoms with E-state index < -0.39 is 17.8 Å². The second-order valence-electron chi connectivity index (χ2n) is 5.28. The Hall–Kier alpha value is -1.81. The van der Waals surface area contributed by atoms with Gasteiger partial charge in [-0.1, -0.05) is 35.9 Å². The summed E-state index contributed by atoms with van der Waals surface area (Å²) >= 11 is 5.84. The third-order valence-electron chi connectivity index (χ3n) is 3.82. The lowest BCUT2D eigenvalue weighted by Crippen LogP contribution is -2.39. The zero-order valence-electron chi connectivity index (χ0n) is 11.8. The summed E-state index contributed by atoms with van der Waals surface area (Å²) in [5, 5.41) is 12.7. The van der Waals surface area contributed by atoms with Gasteiger partial charge in [0.2, 0.25) is 5.91 Å². The summed E-state index contributed by atoms with van der Waals surface area (Å²) in [6, 6.07) is 7.05. The van der Waals surface area contributed by atoms with Crippen molar-refractivity contribution in [2.24, 2.45) is 11.8 Å². The van der Waals surface area contributed by atoms with Gasteiger partial charge in [-0.15, -0.1) is 0 Å². The van der Waals surface area contributed by atoms with Crippen molar-refractivity contribution in [3.05, 3.63) is 47.0 Å². The van der Waals surface area contributed by atoms with Gasteiger partial charge < -0.3 is 10.4 Å². The fourth-order valence-corrected chi connectivity index (χ4v) is 2.66. The molecule has 21 heavy (non-hydrogen) atoms. The molecule has 3 atom stereocenters. The highest BCUT2D eigenvalue weighted by molar-refractivity contribution is 6.30. The van der Waals surface area contributed by atoms with Gasteiger partial charge in [0.15, 0.2) is 0 Å². The van der Waals surface area contributed by atoms with Crippen LogP contribution in [0.5, 0.6) is 0 Å². The number of hydrogen-bond acceptors (Lipinski definition) is 2. The first kappa shape index (κ1) is 15.6. The van der Waals surface area contributed by atoms with Crippen LogP contribution in [0.1, 0.15) is 31.4 Å². The molecular weight excluding hydrogens is 290 g/mol. The number of halogens is 1. The molecule has 1 unspecified atom stereocenters. The number of carboxylic acid groups (broad SMARTS) is 1. The third-order valence-corrected chi connectivity index (χ3v) is 4.07. The van der Waals surface area contributed by atoms with Crippen molar-refractivity contribution in [3.8, 4) is 0 Å². The highest BCUT2D eigenvalue weighted by Crippen LogP contribution is 2.27. The molecule has 1 aliphatic rings. The quantitative estimate of drug-likeness (QED) is 0.840. The van der Waals surface area contributed by atoms with Gasteiger partial charge in [-0.25, -0.2) is 0 Å². The average molecular weight is 308 g/mol. The van der Waals surface area contributed by atoms with Crippen molar-refractivity contribution in [1.29, 1.82) is 0 Å². The van der Waals surface area contributed by atoms with E-state index in [1.165, 1.54) is 0 Å². The summed E-state index contributed by atoms with van der Waals surface area (Å²) in [7, 11) is 0. The summed E-state index contributed by atoms with van der Waals surface area (Å²) in [4.78, 5) is 23.6. The number of benzene rings is 1. The van der Waals surface area contributed by atoms with E-state index in [0.29, 0.717) is 17.9 Å². The fourth-order valence-electron chi connectivity index (χ4n) is 2.53. The minimum absolute atomic E-state index is 0.185. The first-order valence-corrected chi connectivity index (χ1v) is 7.30. The van der Waals surface area contributed by atoms with Crippen molar-refractivity contribution < 1.29 is 14.7 Å². The van der Waals surface area contributed by atoms with Crippen LogP contribution >= 0.6 is 11.6 Å². The molecule has 4 nitrogen and oxygen atoms in total. The van der Waals surface area contributed by atoms with Crippen LogP contribution in [0.15, 0.2) is 36.4 Å². The molecule has 1 aromatic rings. The lowest BCUT2D eigenvalue weighted by atomic mass is 9.82. The lowest BCUT2D eigenvalue weighted by molar-refractivity contribution is -0.147. The summed E-state index contributed by atoms with van der Waals surface area (Å²) < 4.78 is 0. The van der Waals surface area contributed by atoms with Crippen molar-refractivity contribution in [2.45, 2.75) is 25.8 Å². The van der Waals surface area contributed by atoms with E-state index in [-0.39, 0.29) is 11.9 Å². The minimum Gasteiger partial charge on any atom is -0.481 e. The highest BCUT2D eigenvalue weighted by atomic mass is 35.5. The predicted octanol–water partition coefficient (Wildman–Crippen LogP) is 3.18. The Morgan fingerprint density at radius 2 is 1.76 bits per heavy atom. The summed E-state index contributed by atoms with van der Waals surface area (Å²) in [5.74, 6) is -2.29. The topological polar surface area (TPSA) is 66.4 Å². The van der Waals surface area contributed by atoms with Gasteiger partial charge in [-0.05, 0) is 37.5 Å². The number of carbonyl (C=O) groups is 2. The number of aliphatic carboxylic acids is 1. The summed E-state index contributed by atoms with van der Waals surface area (Å²) in [5.41, 5.74) is 0.936. The molecule has 0 bridgehead atoms. The molecule has 1 amide bonds. The number of nitrogens with one attached hydrogen (secondary N) is 1. The van der Waals surface area contributed by atoms with Crippen LogP contribution in [0.25, 0.3) is 0 Å². The van der Waals surface area contributed by atoms with E-state index in [0.717, 1.165) is 5.56 Å². The molecule has 0 aromatic heterocycles. The fraction of sp³-hybridized carbons (Fsp3) is 0.375. The van der Waals surface area contributed by atoms with E-state index in [2.05, 4.69) is 5.32 Å². The Kier molecular flexibility index (Phi) is 5.02. The standard InChI is InChI=1S/C16H18ClNO3/c1-10(11-6-8-12(17)9-7-11)18-15(19)13-4-2-3-5-14(13)16(20)21/h2-3,6-10,13-14H,4-5H2,1H3,(H,18,19)(H,20,21)/t10?,13-,14+/m1/s1. The second kappa shape index (κ2) is 6.76. The largest absolute Gasteiger partial charge is 0.481 e. The van der Waals surface area contributed by atoms with Gasteiger partial charge >= 0.3 is 5.97 Å². The zero-order valence-corrected chi connectivity index (χ0v) is 12.5. The smallest absolute Gasteiger partial charge is 0.307 e. The van der Waals surface area contributed by atoms with E-state index in [4.69, 9.17) is 11.6 Å². The van der Waals surface area contributed by atoms with Gasteiger partial charge in [-0.3, -0.25) is 9.59 Å². The van der Waals surface area contributed by atoms with E-state index >= 15 is 0 Å². The molecule has 0 aliphatic heterocycles. The summed E-state index contributed by atoms with van der Waals surface area (Å²) in [6.07, 6.45) is 4.57. The maximum atomic E-state index is 12.3. The van der Waals surface area contributed by atoms with Crippen LogP contribution in [-0.2, 0) is 9.59 Å². The SMILES string of the molecule is CC(NC(=O)[C@@H]1CC=CC[C@@H]1C(=O)O)c1ccc(Cl)cc1. The second-order valence-corrected chi connectivity index (χ2v) is 5.71. The Bertz CT molecular complexity index is 553. The van der Waals surface area contributed by atoms with Crippen LogP contribution in [0.3, 0.4) is 0 Å². The van der Waals surface area contributed by atoms with Crippen LogP contribution in [0, 0.1) is 11.8 Å². The molecular formula is C16H18ClNO3. The summed E-state index contributed by atoms with van der Waals surface area (Å²) in [6.45, 7) is 1.87. The molecule has 1 aliphatic carbocycles. The monoisotopic (exact) mass is 307 g/mol. The van der Waals surface area contributed by atoms with Crippen LogP contribution in [-0.4, -0.2) is 17.0 Å². The van der Waals surface area contributed by atoms with E-state index in [1.54, 1.807) is 12.1 Å². The zero-order chi connectivity index (χ0) is 15.4. The molecule has 0 spiro atoms. The molecule has 5 heteroatoms. The van der Waals surface area contributed by atoms with Crippen LogP contribution < -0.4 is 5.32 Å². The first-order valence-electron chi connectivity index (χ1n) is 6.92. The molecule has 0 saturated heterocycles. The van der Waals surface area contributed by atoms with Crippen LogP contribution in [0.4, 0.5) is 0 Å². The van der Waals surface area contributed by atoms with Gasteiger partial charge in [0.05, 0.1) is 17.9 Å². The normalized spacial score (nSPS) is 22.6. The molecule has 0 fully saturated rings. The maximum absolute atomic E-state index is 12.3. The maximum Gasteiger partial charge on any atom is 0.307 e. The Morgan fingerprint density at radius 1 is 1.19 bits per heavy atom. The van der Waals surface area contributed by atoms with Gasteiger partial charge in [0, 0.05) is 5.02 Å². The molecule has 0 saturated carbocycles. The Labute approximate surface area is 128 Å². The van der Waals surface area contributed by atoms with E-state index in [9.17, 15) is 14.7 Å². The lowest BCUT2D eigenvalue weighted by Gasteiger charge is -2.26. The van der Waals surface area contributed by atoms with Crippen molar-refractivity contribution in [2.75, 3.05) is 0 Å². The van der Waals surface area contributed by atoms with Crippen molar-refractivity contribution in [1.82, 2.24) is 5.32 Å². The number of hydrogen-bond donors (Lipinski definition) is 2. The predicted molar refractivity (Wildman–Crippen MR) is 81.0 cm³/mol. The molecule has 1 aromatic carbocycles. The molecule has 2 N–H and O–H groups in total. The van der Waals surface area contributed by atoms with Gasteiger partial charge in [0.1, 0.15) is 0 Å². The third kappa shape index (κ3) is 3.85. The number of rotatable bonds is 4. The average Bonchev–Trinajstić information content (AvgIpc) is 2.47. The number of amides is 1. The number of allylic oxidation sites excluding steroid dienone is 2. The number of carbonyl (C=O) groups excluding carboxylic acids is 1. The van der Waals surface area contributed by atoms with Gasteiger partial charge in [0.25, 0.3) is 0 Å². The van der Waals surface area contributed by atoms with Crippen molar-refractivity contribution >= 4 is 23.5 Å². The Balaban J connectivity index is 2.04. The molecule has 0 radical (unpaired) electrons. The molecule has 0 heterocycles. The van der Waals surface area contributed by atoms with E-state index in [1.807, 2.05) is 31.2 Å². The molecule has 112 valence electrons. The minimum atomic E-state index is -0.918. The highest BCUT2D eigenvalue weighted by Gasteiger charge is 2.34. The molecule has 2 rings (SSSR count). The number of carboxylic acids is 1. The first-order chi connectivity index (χ1) is 9.99. The van der Waals surface area contributed by atoms with Gasteiger partial charge in [-0.2, -0.15) is 0 Å². The Morgan fingerprint density at radius 3 is 2.33 bits per heavy atom.